The van der Waals surface area contributed by atoms with Gasteiger partial charge in [-0.25, -0.2) is 4.98 Å². The second-order valence-electron chi connectivity index (χ2n) is 7.52. The summed E-state index contributed by atoms with van der Waals surface area (Å²) in [4.78, 5) is 21.1. The number of carbonyl (C=O) groups excluding carboxylic acids is 1. The van der Waals surface area contributed by atoms with Gasteiger partial charge in [0.15, 0.2) is 0 Å². The van der Waals surface area contributed by atoms with Crippen LogP contribution in [0.15, 0.2) is 67.0 Å². The van der Waals surface area contributed by atoms with Crippen LogP contribution in [0.4, 0.5) is 13.2 Å². The summed E-state index contributed by atoms with van der Waals surface area (Å²) in [6.07, 6.45) is -0.640. The first kappa shape index (κ1) is 21.1. The van der Waals surface area contributed by atoms with Crippen LogP contribution in [0.5, 0.6) is 0 Å². The minimum atomic E-state index is -4.40. The van der Waals surface area contributed by atoms with E-state index in [-0.39, 0.29) is 11.5 Å². The molecule has 31 heavy (non-hydrogen) atoms. The summed E-state index contributed by atoms with van der Waals surface area (Å²) in [5.74, 6) is 0.700. The topological polar surface area (TPSA) is 41.4 Å². The molecular weight excluding hydrogens is 405 g/mol. The molecule has 1 amide bonds. The summed E-state index contributed by atoms with van der Waals surface area (Å²) in [5.41, 5.74) is 0.607. The van der Waals surface area contributed by atoms with E-state index in [1.165, 1.54) is 12.1 Å². The van der Waals surface area contributed by atoms with Gasteiger partial charge in [-0.1, -0.05) is 30.3 Å². The Bertz CT molecular complexity index is 1010. The van der Waals surface area contributed by atoms with Crippen molar-refractivity contribution in [3.8, 4) is 11.4 Å². The lowest BCUT2D eigenvalue weighted by Crippen LogP contribution is -2.49. The molecule has 0 N–H and O–H groups in total. The van der Waals surface area contributed by atoms with Crippen LogP contribution in [-0.4, -0.2) is 58.0 Å². The lowest BCUT2D eigenvalue weighted by molar-refractivity contribution is -0.137. The molecule has 4 rings (SSSR count). The van der Waals surface area contributed by atoms with Crippen LogP contribution in [0, 0.1) is 0 Å². The summed E-state index contributed by atoms with van der Waals surface area (Å²) < 4.78 is 40.2. The zero-order valence-corrected chi connectivity index (χ0v) is 16.9. The van der Waals surface area contributed by atoms with Crippen LogP contribution in [0.2, 0.25) is 0 Å². The summed E-state index contributed by atoms with van der Waals surface area (Å²) in [6.45, 7) is 4.17. The minimum Gasteiger partial charge on any atom is -0.336 e. The number of halogens is 3. The number of rotatable bonds is 5. The van der Waals surface area contributed by atoms with E-state index in [2.05, 4.69) is 14.5 Å². The van der Waals surface area contributed by atoms with E-state index in [0.29, 0.717) is 13.1 Å². The second-order valence-corrected chi connectivity index (χ2v) is 7.52. The minimum absolute atomic E-state index is 0.227. The summed E-state index contributed by atoms with van der Waals surface area (Å²) in [6, 6.07) is 14.4. The van der Waals surface area contributed by atoms with Gasteiger partial charge in [0.25, 0.3) is 5.91 Å². The zero-order valence-electron chi connectivity index (χ0n) is 16.9. The first-order valence-electron chi connectivity index (χ1n) is 10.2. The van der Waals surface area contributed by atoms with Gasteiger partial charge in [-0.2, -0.15) is 13.2 Å². The highest BCUT2D eigenvalue weighted by molar-refractivity contribution is 5.94. The molecule has 0 aliphatic carbocycles. The highest BCUT2D eigenvalue weighted by Crippen LogP contribution is 2.29. The number of aromatic nitrogens is 2. The Morgan fingerprint density at radius 1 is 0.903 bits per heavy atom. The van der Waals surface area contributed by atoms with Gasteiger partial charge in [-0.05, 0) is 24.3 Å². The third-order valence-corrected chi connectivity index (χ3v) is 5.52. The number of hydrogen-bond acceptors (Lipinski definition) is 3. The van der Waals surface area contributed by atoms with Crippen LogP contribution in [0.3, 0.4) is 0 Å². The largest absolute Gasteiger partial charge is 0.416 e. The van der Waals surface area contributed by atoms with Crippen LogP contribution >= 0.6 is 0 Å². The number of piperazine rings is 1. The van der Waals surface area contributed by atoms with Crippen LogP contribution < -0.4 is 0 Å². The van der Waals surface area contributed by atoms with Crippen molar-refractivity contribution >= 4 is 5.91 Å². The standard InChI is InChI=1S/C23H23F3N4O/c24-23(25,26)20-8-6-19(7-9-20)22(31)30-16-13-28(14-17-30)12-15-29-11-10-27-21(29)18-4-2-1-3-5-18/h1-11H,12-17H2. The normalized spacial score (nSPS) is 15.3. The molecule has 0 spiro atoms. The van der Waals surface area contributed by atoms with Crippen LogP contribution in [0.25, 0.3) is 11.4 Å². The molecule has 0 radical (unpaired) electrons. The van der Waals surface area contributed by atoms with E-state index in [1.807, 2.05) is 36.5 Å². The van der Waals surface area contributed by atoms with Crippen molar-refractivity contribution in [2.75, 3.05) is 32.7 Å². The Morgan fingerprint density at radius 2 is 1.58 bits per heavy atom. The van der Waals surface area contributed by atoms with Crippen molar-refractivity contribution in [2.45, 2.75) is 12.7 Å². The second kappa shape index (κ2) is 8.93. The quantitative estimate of drug-likeness (QED) is 0.616. The maximum Gasteiger partial charge on any atom is 0.416 e. The highest BCUT2D eigenvalue weighted by Gasteiger charge is 2.30. The lowest BCUT2D eigenvalue weighted by Gasteiger charge is -2.35. The van der Waals surface area contributed by atoms with E-state index >= 15 is 0 Å². The van der Waals surface area contributed by atoms with Crippen LogP contribution in [-0.2, 0) is 12.7 Å². The maximum absolute atomic E-state index is 12.7. The zero-order chi connectivity index (χ0) is 21.8. The van der Waals surface area contributed by atoms with Gasteiger partial charge in [-0.3, -0.25) is 9.69 Å². The predicted octanol–water partition coefficient (Wildman–Crippen LogP) is 4.03. The molecule has 0 unspecified atom stereocenters. The highest BCUT2D eigenvalue weighted by atomic mass is 19.4. The van der Waals surface area contributed by atoms with Crippen molar-refractivity contribution < 1.29 is 18.0 Å². The third kappa shape index (κ3) is 4.96. The van der Waals surface area contributed by atoms with Gasteiger partial charge < -0.3 is 9.47 Å². The number of amides is 1. The number of carbonyl (C=O) groups is 1. The Balaban J connectivity index is 1.30. The Labute approximate surface area is 178 Å². The Hall–Kier alpha value is -3.13. The Morgan fingerprint density at radius 3 is 2.23 bits per heavy atom. The van der Waals surface area contributed by atoms with Gasteiger partial charge in [0.05, 0.1) is 5.56 Å². The summed E-state index contributed by atoms with van der Waals surface area (Å²) in [5, 5.41) is 0. The number of alkyl halides is 3. The number of benzene rings is 2. The molecular formula is C23H23F3N4O. The van der Waals surface area contributed by atoms with Crippen molar-refractivity contribution in [3.05, 3.63) is 78.1 Å². The van der Waals surface area contributed by atoms with E-state index in [1.54, 1.807) is 11.1 Å². The fourth-order valence-corrected chi connectivity index (χ4v) is 3.75. The fourth-order valence-electron chi connectivity index (χ4n) is 3.75. The molecule has 0 saturated carbocycles. The van der Waals surface area contributed by atoms with E-state index in [9.17, 15) is 18.0 Å². The molecule has 1 fully saturated rings. The molecule has 5 nitrogen and oxygen atoms in total. The molecule has 1 saturated heterocycles. The predicted molar refractivity (Wildman–Crippen MR) is 111 cm³/mol. The van der Waals surface area contributed by atoms with Gasteiger partial charge >= 0.3 is 6.18 Å². The maximum atomic E-state index is 12.7. The molecule has 2 aromatic carbocycles. The van der Waals surface area contributed by atoms with E-state index < -0.39 is 11.7 Å². The van der Waals surface area contributed by atoms with Crippen molar-refractivity contribution in [2.24, 2.45) is 0 Å². The van der Waals surface area contributed by atoms with Gasteiger partial charge in [-0.15, -0.1) is 0 Å². The average molecular weight is 428 g/mol. The molecule has 8 heteroatoms. The first-order valence-corrected chi connectivity index (χ1v) is 10.2. The SMILES string of the molecule is O=C(c1ccc(C(F)(F)F)cc1)N1CCN(CCn2ccnc2-c2ccccc2)CC1. The number of hydrogen-bond donors (Lipinski definition) is 0. The van der Waals surface area contributed by atoms with Crippen LogP contribution in [0.1, 0.15) is 15.9 Å². The van der Waals surface area contributed by atoms with E-state index in [0.717, 1.165) is 49.7 Å². The van der Waals surface area contributed by atoms with Gasteiger partial charge in [0.1, 0.15) is 5.82 Å². The monoisotopic (exact) mass is 428 g/mol. The molecule has 0 bridgehead atoms. The molecule has 1 aliphatic heterocycles. The number of nitrogens with zero attached hydrogens (tertiary/aromatic N) is 4. The average Bonchev–Trinajstić information content (AvgIpc) is 3.26. The van der Waals surface area contributed by atoms with Crippen molar-refractivity contribution in [1.82, 2.24) is 19.4 Å². The molecule has 1 aliphatic rings. The van der Waals surface area contributed by atoms with Crippen molar-refractivity contribution in [1.29, 1.82) is 0 Å². The molecule has 3 aromatic rings. The Kier molecular flexibility index (Phi) is 6.08. The first-order chi connectivity index (χ1) is 14.9. The van der Waals surface area contributed by atoms with Gasteiger partial charge in [0, 0.05) is 62.8 Å². The molecule has 162 valence electrons. The number of imidazole rings is 1. The van der Waals surface area contributed by atoms with Gasteiger partial charge in [0.2, 0.25) is 0 Å². The summed E-state index contributed by atoms with van der Waals surface area (Å²) >= 11 is 0. The third-order valence-electron chi connectivity index (χ3n) is 5.52. The molecule has 0 atom stereocenters. The molecule has 2 heterocycles. The lowest BCUT2D eigenvalue weighted by atomic mass is 10.1. The van der Waals surface area contributed by atoms with Crippen molar-refractivity contribution in [3.63, 3.8) is 0 Å². The fraction of sp³-hybridized carbons (Fsp3) is 0.304. The smallest absolute Gasteiger partial charge is 0.336 e. The molecule has 1 aromatic heterocycles. The summed E-state index contributed by atoms with van der Waals surface area (Å²) in [7, 11) is 0. The van der Waals surface area contributed by atoms with E-state index in [4.69, 9.17) is 0 Å².